The van der Waals surface area contributed by atoms with Crippen molar-refractivity contribution < 1.29 is 0 Å². The van der Waals surface area contributed by atoms with Gasteiger partial charge in [0.2, 0.25) is 0 Å². The van der Waals surface area contributed by atoms with Crippen molar-refractivity contribution in [3.8, 4) is 0 Å². The first-order chi connectivity index (χ1) is 9.96. The lowest BCUT2D eigenvalue weighted by molar-refractivity contribution is 0.164. The first kappa shape index (κ1) is 15.0. The summed E-state index contributed by atoms with van der Waals surface area (Å²) in [6.07, 6.45) is 12.3. The molecule has 1 aliphatic rings. The molecule has 2 aromatic heterocycles. The molecule has 0 amide bonds. The second kappa shape index (κ2) is 5.73. The molecule has 2 heterocycles. The molecule has 2 aromatic rings. The average molecular weight is 305 g/mol. The van der Waals surface area contributed by atoms with Gasteiger partial charge in [0.25, 0.3) is 0 Å². The van der Waals surface area contributed by atoms with Crippen LogP contribution in [0.15, 0.2) is 17.8 Å². The molecule has 0 radical (unpaired) electrons. The number of thiazole rings is 1. The van der Waals surface area contributed by atoms with Gasteiger partial charge < -0.3 is 5.32 Å². The molecule has 0 saturated heterocycles. The van der Waals surface area contributed by atoms with Gasteiger partial charge in [-0.15, -0.1) is 11.3 Å². The Morgan fingerprint density at radius 2 is 2.05 bits per heavy atom. The van der Waals surface area contributed by atoms with Crippen LogP contribution in [0.5, 0.6) is 0 Å². The Morgan fingerprint density at radius 3 is 2.71 bits per heavy atom. The van der Waals surface area contributed by atoms with E-state index in [9.17, 15) is 0 Å². The summed E-state index contributed by atoms with van der Waals surface area (Å²) in [5.41, 5.74) is 1.86. The molecular weight excluding hydrogens is 278 g/mol. The van der Waals surface area contributed by atoms with Crippen LogP contribution in [0, 0.1) is 5.41 Å². The summed E-state index contributed by atoms with van der Waals surface area (Å²) in [6.45, 7) is 7.89. The molecule has 4 heteroatoms. The zero-order chi connectivity index (χ0) is 14.9. The largest absolute Gasteiger partial charge is 0.312 e. The number of hydrogen-bond donors (Lipinski definition) is 1. The molecule has 0 aliphatic heterocycles. The Morgan fingerprint density at radius 1 is 1.29 bits per heavy atom. The Labute approximate surface area is 131 Å². The van der Waals surface area contributed by atoms with Crippen LogP contribution in [0.25, 0.3) is 4.96 Å². The van der Waals surface area contributed by atoms with Crippen molar-refractivity contribution in [2.24, 2.45) is 5.41 Å². The number of nitrogens with one attached hydrogen (secondary N) is 1. The van der Waals surface area contributed by atoms with E-state index >= 15 is 0 Å². The smallest absolute Gasteiger partial charge is 0.193 e. The van der Waals surface area contributed by atoms with E-state index in [2.05, 4.69) is 48.3 Å². The molecular formula is C17H27N3S. The van der Waals surface area contributed by atoms with Crippen molar-refractivity contribution in [2.45, 2.75) is 64.8 Å². The van der Waals surface area contributed by atoms with E-state index in [4.69, 9.17) is 4.98 Å². The maximum absolute atomic E-state index is 4.81. The fourth-order valence-electron chi connectivity index (χ4n) is 3.42. The summed E-state index contributed by atoms with van der Waals surface area (Å²) in [6, 6.07) is 0. The van der Waals surface area contributed by atoms with Gasteiger partial charge in [-0.2, -0.15) is 0 Å². The Hall–Kier alpha value is -0.870. The van der Waals surface area contributed by atoms with E-state index in [1.165, 1.54) is 37.8 Å². The van der Waals surface area contributed by atoms with Crippen molar-refractivity contribution in [2.75, 3.05) is 6.54 Å². The molecule has 1 fully saturated rings. The van der Waals surface area contributed by atoms with Gasteiger partial charge in [-0.05, 0) is 45.4 Å². The third kappa shape index (κ3) is 3.67. The van der Waals surface area contributed by atoms with Gasteiger partial charge in [-0.1, -0.05) is 19.3 Å². The number of fused-ring (bicyclic) bond motifs is 1. The highest BCUT2D eigenvalue weighted by Gasteiger charge is 2.34. The average Bonchev–Trinajstić information content (AvgIpc) is 2.98. The molecule has 116 valence electrons. The van der Waals surface area contributed by atoms with Crippen molar-refractivity contribution in [3.63, 3.8) is 0 Å². The van der Waals surface area contributed by atoms with E-state index in [0.29, 0.717) is 5.41 Å². The molecule has 0 atom stereocenters. The van der Waals surface area contributed by atoms with Crippen molar-refractivity contribution in [1.82, 2.24) is 14.7 Å². The lowest BCUT2D eigenvalue weighted by atomic mass is 9.71. The van der Waals surface area contributed by atoms with Crippen LogP contribution in [0.2, 0.25) is 0 Å². The van der Waals surface area contributed by atoms with Crippen LogP contribution >= 0.6 is 11.3 Å². The number of hydrogen-bond acceptors (Lipinski definition) is 3. The lowest BCUT2D eigenvalue weighted by Gasteiger charge is -2.39. The van der Waals surface area contributed by atoms with Gasteiger partial charge in [0.05, 0.1) is 5.69 Å². The molecule has 1 N–H and O–H groups in total. The minimum Gasteiger partial charge on any atom is -0.312 e. The molecule has 0 bridgehead atoms. The molecule has 0 spiro atoms. The third-order valence-corrected chi connectivity index (χ3v) is 5.38. The maximum Gasteiger partial charge on any atom is 0.193 e. The standard InChI is InChI=1S/C17H27N3S/c1-16(2,3)18-13-17(7-5-4-6-8-17)11-14-12-20-9-10-21-15(20)19-14/h9-10,12,18H,4-8,11,13H2,1-3H3. The van der Waals surface area contributed by atoms with E-state index < -0.39 is 0 Å². The van der Waals surface area contributed by atoms with Crippen molar-refractivity contribution >= 4 is 16.3 Å². The lowest BCUT2D eigenvalue weighted by Crippen LogP contribution is -2.45. The van der Waals surface area contributed by atoms with Crippen LogP contribution in [0.1, 0.15) is 58.6 Å². The molecule has 0 unspecified atom stereocenters. The van der Waals surface area contributed by atoms with E-state index in [0.717, 1.165) is 17.9 Å². The first-order valence-electron chi connectivity index (χ1n) is 8.12. The van der Waals surface area contributed by atoms with Crippen molar-refractivity contribution in [1.29, 1.82) is 0 Å². The normalized spacial score (nSPS) is 19.2. The summed E-state index contributed by atoms with van der Waals surface area (Å²) >= 11 is 1.72. The van der Waals surface area contributed by atoms with E-state index in [-0.39, 0.29) is 5.54 Å². The SMILES string of the molecule is CC(C)(C)NCC1(Cc2cn3ccsc3n2)CCCCC1. The summed E-state index contributed by atoms with van der Waals surface area (Å²) in [4.78, 5) is 5.93. The van der Waals surface area contributed by atoms with Crippen LogP contribution < -0.4 is 5.32 Å². The zero-order valence-corrected chi connectivity index (χ0v) is 14.3. The molecule has 3 rings (SSSR count). The third-order valence-electron chi connectivity index (χ3n) is 4.61. The fourth-order valence-corrected chi connectivity index (χ4v) is 4.13. The van der Waals surface area contributed by atoms with E-state index in [1.54, 1.807) is 11.3 Å². The number of rotatable bonds is 4. The van der Waals surface area contributed by atoms with Gasteiger partial charge >= 0.3 is 0 Å². The molecule has 3 nitrogen and oxygen atoms in total. The Kier molecular flexibility index (Phi) is 4.10. The van der Waals surface area contributed by atoms with Gasteiger partial charge in [-0.25, -0.2) is 4.98 Å². The summed E-state index contributed by atoms with van der Waals surface area (Å²) in [5, 5.41) is 5.85. The number of aromatic nitrogens is 2. The van der Waals surface area contributed by atoms with Crippen LogP contribution in [0.4, 0.5) is 0 Å². The highest BCUT2D eigenvalue weighted by Crippen LogP contribution is 2.39. The zero-order valence-electron chi connectivity index (χ0n) is 13.5. The quantitative estimate of drug-likeness (QED) is 0.913. The monoisotopic (exact) mass is 305 g/mol. The van der Waals surface area contributed by atoms with Gasteiger partial charge in [0, 0.05) is 29.9 Å². The summed E-state index contributed by atoms with van der Waals surface area (Å²) < 4.78 is 2.16. The molecule has 21 heavy (non-hydrogen) atoms. The maximum atomic E-state index is 4.81. The minimum atomic E-state index is 0.193. The Bertz CT molecular complexity index is 556. The highest BCUT2D eigenvalue weighted by molar-refractivity contribution is 7.15. The Balaban J connectivity index is 1.76. The molecule has 0 aromatic carbocycles. The predicted octanol–water partition coefficient (Wildman–Crippen LogP) is 4.28. The second-order valence-corrected chi connectivity index (χ2v) is 8.54. The van der Waals surface area contributed by atoms with Gasteiger partial charge in [0.15, 0.2) is 4.96 Å². The van der Waals surface area contributed by atoms with Crippen LogP contribution in [-0.2, 0) is 6.42 Å². The van der Waals surface area contributed by atoms with E-state index in [1.807, 2.05) is 0 Å². The predicted molar refractivity (Wildman–Crippen MR) is 90.0 cm³/mol. The second-order valence-electron chi connectivity index (χ2n) is 7.67. The fraction of sp³-hybridized carbons (Fsp3) is 0.706. The van der Waals surface area contributed by atoms with Crippen molar-refractivity contribution in [3.05, 3.63) is 23.5 Å². The minimum absolute atomic E-state index is 0.193. The molecule has 1 saturated carbocycles. The highest BCUT2D eigenvalue weighted by atomic mass is 32.1. The number of nitrogens with zero attached hydrogens (tertiary/aromatic N) is 2. The molecule has 1 aliphatic carbocycles. The summed E-state index contributed by atoms with van der Waals surface area (Å²) in [7, 11) is 0. The summed E-state index contributed by atoms with van der Waals surface area (Å²) in [5.74, 6) is 0. The van der Waals surface area contributed by atoms with Gasteiger partial charge in [0.1, 0.15) is 0 Å². The topological polar surface area (TPSA) is 29.3 Å². The van der Waals surface area contributed by atoms with Gasteiger partial charge in [-0.3, -0.25) is 4.40 Å². The first-order valence-corrected chi connectivity index (χ1v) is 9.00. The van der Waals surface area contributed by atoms with Crippen LogP contribution in [-0.4, -0.2) is 21.5 Å². The van der Waals surface area contributed by atoms with Crippen LogP contribution in [0.3, 0.4) is 0 Å². The number of imidazole rings is 1.